The minimum absolute atomic E-state index is 0.0208. The van der Waals surface area contributed by atoms with Crippen LogP contribution in [0.3, 0.4) is 0 Å². The monoisotopic (exact) mass is 194 g/mol. The number of hydrogen-bond acceptors (Lipinski definition) is 3. The Kier molecular flexibility index (Phi) is 1.83. The van der Waals surface area contributed by atoms with Gasteiger partial charge in [-0.2, -0.15) is 15.4 Å². The lowest BCUT2D eigenvalue weighted by Crippen LogP contribution is -2.49. The number of carbonyl (C=O) groups excluding carboxylic acids is 1. The highest BCUT2D eigenvalue weighted by molar-refractivity contribution is 5.94. The molecule has 5 heteroatoms. The summed E-state index contributed by atoms with van der Waals surface area (Å²) in [6, 6.07) is 0. The van der Waals surface area contributed by atoms with E-state index in [1.807, 2.05) is 25.7 Å². The summed E-state index contributed by atoms with van der Waals surface area (Å²) < 4.78 is 0. The fourth-order valence-corrected chi connectivity index (χ4v) is 1.69. The van der Waals surface area contributed by atoms with Crippen LogP contribution in [0.1, 0.15) is 37.0 Å². The SMILES string of the molecule is CC(C)(C)N1CCc2n[nH]nc2C1=O. The molecule has 1 amide bonds. The first-order valence-electron chi connectivity index (χ1n) is 4.72. The molecule has 1 aromatic heterocycles. The number of fused-ring (bicyclic) bond motifs is 1. The van der Waals surface area contributed by atoms with Gasteiger partial charge in [0.2, 0.25) is 0 Å². The number of aromatic nitrogens is 3. The highest BCUT2D eigenvalue weighted by atomic mass is 16.2. The maximum absolute atomic E-state index is 11.9. The standard InChI is InChI=1S/C9H14N4O/c1-9(2,3)13-5-4-6-7(8(13)14)11-12-10-6/h4-5H2,1-3H3,(H,10,11,12). The molecule has 0 bridgehead atoms. The van der Waals surface area contributed by atoms with Gasteiger partial charge in [0, 0.05) is 18.5 Å². The summed E-state index contributed by atoms with van der Waals surface area (Å²) in [6.45, 7) is 6.80. The molecular formula is C9H14N4O. The number of aromatic amines is 1. The van der Waals surface area contributed by atoms with Crippen molar-refractivity contribution in [3.05, 3.63) is 11.4 Å². The molecule has 0 spiro atoms. The third-order valence-corrected chi connectivity index (χ3v) is 2.45. The number of carbonyl (C=O) groups is 1. The van der Waals surface area contributed by atoms with Crippen LogP contribution in [0.25, 0.3) is 0 Å². The topological polar surface area (TPSA) is 61.9 Å². The zero-order valence-corrected chi connectivity index (χ0v) is 8.66. The maximum atomic E-state index is 11.9. The average molecular weight is 194 g/mol. The van der Waals surface area contributed by atoms with Gasteiger partial charge < -0.3 is 4.90 Å². The van der Waals surface area contributed by atoms with Crippen molar-refractivity contribution in [3.8, 4) is 0 Å². The van der Waals surface area contributed by atoms with E-state index < -0.39 is 0 Å². The molecule has 2 rings (SSSR count). The van der Waals surface area contributed by atoms with Gasteiger partial charge in [0.1, 0.15) is 0 Å². The summed E-state index contributed by atoms with van der Waals surface area (Å²) in [7, 11) is 0. The third-order valence-electron chi connectivity index (χ3n) is 2.45. The molecule has 0 aliphatic carbocycles. The third kappa shape index (κ3) is 1.29. The van der Waals surface area contributed by atoms with Gasteiger partial charge in [0.15, 0.2) is 5.69 Å². The van der Waals surface area contributed by atoms with Gasteiger partial charge >= 0.3 is 0 Å². The molecule has 76 valence electrons. The lowest BCUT2D eigenvalue weighted by atomic mass is 10.0. The van der Waals surface area contributed by atoms with E-state index in [9.17, 15) is 4.79 Å². The molecule has 0 unspecified atom stereocenters. The highest BCUT2D eigenvalue weighted by Crippen LogP contribution is 2.22. The number of H-pyrrole nitrogens is 1. The highest BCUT2D eigenvalue weighted by Gasteiger charge is 2.34. The lowest BCUT2D eigenvalue weighted by Gasteiger charge is -2.37. The van der Waals surface area contributed by atoms with Crippen LogP contribution < -0.4 is 0 Å². The van der Waals surface area contributed by atoms with Gasteiger partial charge in [-0.15, -0.1) is 0 Å². The Morgan fingerprint density at radius 1 is 1.36 bits per heavy atom. The first-order valence-corrected chi connectivity index (χ1v) is 4.72. The normalized spacial score (nSPS) is 17.1. The first kappa shape index (κ1) is 9.18. The van der Waals surface area contributed by atoms with Crippen molar-refractivity contribution in [1.82, 2.24) is 20.3 Å². The van der Waals surface area contributed by atoms with Crippen LogP contribution >= 0.6 is 0 Å². The van der Waals surface area contributed by atoms with E-state index in [0.717, 1.165) is 18.7 Å². The second kappa shape index (κ2) is 2.80. The maximum Gasteiger partial charge on any atom is 0.276 e. The molecule has 5 nitrogen and oxygen atoms in total. The number of rotatable bonds is 0. The zero-order valence-electron chi connectivity index (χ0n) is 8.66. The van der Waals surface area contributed by atoms with Crippen LogP contribution in [-0.2, 0) is 6.42 Å². The predicted octanol–water partition coefficient (Wildman–Crippen LogP) is 0.601. The lowest BCUT2D eigenvalue weighted by molar-refractivity contribution is 0.0554. The number of hydrogen-bond donors (Lipinski definition) is 1. The second-order valence-electron chi connectivity index (χ2n) is 4.50. The molecule has 0 atom stereocenters. The molecular weight excluding hydrogens is 180 g/mol. The van der Waals surface area contributed by atoms with Crippen molar-refractivity contribution >= 4 is 5.91 Å². The van der Waals surface area contributed by atoms with Gasteiger partial charge in [-0.05, 0) is 20.8 Å². The largest absolute Gasteiger partial charge is 0.332 e. The number of amides is 1. The Morgan fingerprint density at radius 2 is 2.07 bits per heavy atom. The Morgan fingerprint density at radius 3 is 2.71 bits per heavy atom. The molecule has 1 aromatic rings. The Bertz CT molecular complexity index is 363. The molecule has 0 fully saturated rings. The summed E-state index contributed by atoms with van der Waals surface area (Å²) in [5.74, 6) is -0.0208. The fraction of sp³-hybridized carbons (Fsp3) is 0.667. The van der Waals surface area contributed by atoms with Crippen molar-refractivity contribution in [3.63, 3.8) is 0 Å². The summed E-state index contributed by atoms with van der Waals surface area (Å²) in [4.78, 5) is 13.8. The molecule has 0 saturated carbocycles. The Hall–Kier alpha value is -1.39. The molecule has 1 N–H and O–H groups in total. The van der Waals surface area contributed by atoms with Crippen molar-refractivity contribution in [2.24, 2.45) is 0 Å². The molecule has 1 aliphatic heterocycles. The van der Waals surface area contributed by atoms with Gasteiger partial charge in [-0.25, -0.2) is 0 Å². The van der Waals surface area contributed by atoms with E-state index in [4.69, 9.17) is 0 Å². The molecule has 2 heterocycles. The minimum atomic E-state index is -0.145. The Labute approximate surface area is 82.5 Å². The van der Waals surface area contributed by atoms with Gasteiger partial charge in [-0.1, -0.05) is 0 Å². The summed E-state index contributed by atoms with van der Waals surface area (Å²) >= 11 is 0. The summed E-state index contributed by atoms with van der Waals surface area (Å²) in [5.41, 5.74) is 1.12. The van der Waals surface area contributed by atoms with Gasteiger partial charge in [0.25, 0.3) is 5.91 Å². The van der Waals surface area contributed by atoms with Crippen LogP contribution in [-0.4, -0.2) is 38.3 Å². The van der Waals surface area contributed by atoms with Crippen LogP contribution in [0.4, 0.5) is 0 Å². The van der Waals surface area contributed by atoms with Crippen molar-refractivity contribution in [2.45, 2.75) is 32.7 Å². The predicted molar refractivity (Wildman–Crippen MR) is 50.9 cm³/mol. The average Bonchev–Trinajstić information content (AvgIpc) is 2.50. The van der Waals surface area contributed by atoms with Crippen LogP contribution in [0.2, 0.25) is 0 Å². The van der Waals surface area contributed by atoms with Gasteiger partial charge in [0.05, 0.1) is 5.69 Å². The van der Waals surface area contributed by atoms with Crippen molar-refractivity contribution < 1.29 is 4.79 Å². The minimum Gasteiger partial charge on any atom is -0.332 e. The Balaban J connectivity index is 2.35. The molecule has 0 saturated heterocycles. The zero-order chi connectivity index (χ0) is 10.3. The second-order valence-corrected chi connectivity index (χ2v) is 4.50. The first-order chi connectivity index (χ1) is 6.50. The van der Waals surface area contributed by atoms with Crippen LogP contribution in [0, 0.1) is 0 Å². The smallest absolute Gasteiger partial charge is 0.276 e. The van der Waals surface area contributed by atoms with E-state index >= 15 is 0 Å². The number of nitrogens with one attached hydrogen (secondary N) is 1. The van der Waals surface area contributed by atoms with Crippen molar-refractivity contribution in [2.75, 3.05) is 6.54 Å². The molecule has 0 radical (unpaired) electrons. The summed E-state index contributed by atoms with van der Waals surface area (Å²) in [6.07, 6.45) is 0.787. The van der Waals surface area contributed by atoms with Crippen LogP contribution in [0.5, 0.6) is 0 Å². The van der Waals surface area contributed by atoms with E-state index in [2.05, 4.69) is 15.4 Å². The summed E-state index contributed by atoms with van der Waals surface area (Å²) in [5, 5.41) is 10.3. The van der Waals surface area contributed by atoms with E-state index in [0.29, 0.717) is 5.69 Å². The van der Waals surface area contributed by atoms with Gasteiger partial charge in [-0.3, -0.25) is 4.79 Å². The molecule has 0 aromatic carbocycles. The van der Waals surface area contributed by atoms with E-state index in [1.54, 1.807) is 0 Å². The number of nitrogens with zero attached hydrogens (tertiary/aromatic N) is 3. The molecule has 14 heavy (non-hydrogen) atoms. The van der Waals surface area contributed by atoms with E-state index in [-0.39, 0.29) is 11.4 Å². The fourth-order valence-electron chi connectivity index (χ4n) is 1.69. The van der Waals surface area contributed by atoms with E-state index in [1.165, 1.54) is 0 Å². The van der Waals surface area contributed by atoms with Crippen LogP contribution in [0.15, 0.2) is 0 Å². The quantitative estimate of drug-likeness (QED) is 0.658. The van der Waals surface area contributed by atoms with Crippen molar-refractivity contribution in [1.29, 1.82) is 0 Å². The molecule has 1 aliphatic rings.